The number of halogens is 2. The fourth-order valence-electron chi connectivity index (χ4n) is 14.1. The highest BCUT2D eigenvalue weighted by Crippen LogP contribution is 2.49. The lowest BCUT2D eigenvalue weighted by Gasteiger charge is -2.40. The van der Waals surface area contributed by atoms with E-state index in [4.69, 9.17) is 142 Å². The molecule has 590 valence electrons. The Balaban J connectivity index is 0.000000146. The van der Waals surface area contributed by atoms with Gasteiger partial charge in [-0.15, -0.1) is 12.8 Å². The van der Waals surface area contributed by atoms with Crippen molar-refractivity contribution >= 4 is 56.1 Å². The van der Waals surface area contributed by atoms with Crippen LogP contribution in [0, 0.1) is 30.6 Å². The molecule has 6 N–H and O–H groups in total. The highest BCUT2D eigenvalue weighted by molar-refractivity contribution is 9.28. The van der Waals surface area contributed by atoms with E-state index >= 15 is 0 Å². The van der Waals surface area contributed by atoms with E-state index in [0.29, 0.717) is 0 Å². The van der Waals surface area contributed by atoms with E-state index in [1.807, 2.05) is 103 Å². The molecule has 14 heterocycles. The number of ether oxygens (including phenoxy) is 24. The molecule has 0 amide bonds. The minimum atomic E-state index is -1.63. The third-order valence-electron chi connectivity index (χ3n) is 17.9. The summed E-state index contributed by atoms with van der Waals surface area (Å²) in [6, 6.07) is 0. The molecule has 14 fully saturated rings. The molecule has 0 aromatic carbocycles. The van der Waals surface area contributed by atoms with Crippen LogP contribution in [0.3, 0.4) is 0 Å². The Morgan fingerprint density at radius 2 is 0.846 bits per heavy atom. The third-order valence-corrected chi connectivity index (χ3v) is 18.4. The number of fused-ring (bicyclic) bond motifs is 12. The van der Waals surface area contributed by atoms with Crippen LogP contribution in [0.15, 0.2) is 9.47 Å². The largest absolute Gasteiger partial charge is 0.459 e. The Kier molecular flexibility index (Phi) is 26.3. The molecule has 36 heteroatoms. The average Bonchev–Trinajstić information content (AvgIpc) is 1.61. The number of cyclic esters (lactones) is 1. The van der Waals surface area contributed by atoms with Crippen molar-refractivity contribution < 1.29 is 164 Å². The molecule has 34 nitrogen and oxygen atoms in total. The van der Waals surface area contributed by atoms with E-state index in [9.17, 15) is 29.4 Å². The van der Waals surface area contributed by atoms with Crippen LogP contribution in [0.5, 0.6) is 0 Å². The highest BCUT2D eigenvalue weighted by atomic mass is 79.9. The normalized spacial score (nSPS) is 44.3. The highest BCUT2D eigenvalue weighted by Gasteiger charge is 2.65. The summed E-state index contributed by atoms with van der Waals surface area (Å²) in [7, 11) is 0. The van der Waals surface area contributed by atoms with Gasteiger partial charge in [-0.1, -0.05) is 18.8 Å². The van der Waals surface area contributed by atoms with E-state index < -0.39 is 175 Å². The molecular weight excluding hydrogens is 1520 g/mol. The Labute approximate surface area is 619 Å². The minimum Gasteiger partial charge on any atom is -0.459 e. The summed E-state index contributed by atoms with van der Waals surface area (Å²) in [5.41, 5.74) is 0. The summed E-state index contributed by atoms with van der Waals surface area (Å²) >= 11 is 6.72. The quantitative estimate of drug-likeness (QED) is 0.0916. The van der Waals surface area contributed by atoms with Gasteiger partial charge in [-0.2, -0.15) is 0 Å². The van der Waals surface area contributed by atoms with Crippen LogP contribution in [-0.2, 0) is 133 Å². The number of rotatable bonds is 7. The molecule has 0 aromatic rings. The van der Waals surface area contributed by atoms with Gasteiger partial charge in [0.1, 0.15) is 122 Å². The van der Waals surface area contributed by atoms with Crippen molar-refractivity contribution in [3.05, 3.63) is 9.47 Å². The van der Waals surface area contributed by atoms with Crippen LogP contribution < -0.4 is 0 Å². The first-order valence-corrected chi connectivity index (χ1v) is 35.7. The molecule has 0 aliphatic carbocycles. The van der Waals surface area contributed by atoms with Gasteiger partial charge in [0.15, 0.2) is 96.1 Å². The lowest BCUT2D eigenvalue weighted by atomic mass is 9.91. The first kappa shape index (κ1) is 84.8. The number of aliphatic hydroxyl groups is 6. The molecule has 14 aliphatic rings. The third kappa shape index (κ3) is 19.7. The molecule has 0 aromatic heterocycles. The molecule has 29 atom stereocenters. The number of hydrogen-bond acceptors (Lipinski definition) is 34. The molecule has 14 aliphatic heterocycles. The van der Waals surface area contributed by atoms with Gasteiger partial charge in [-0.05, 0) is 149 Å². The number of aliphatic hydroxyl groups excluding tert-OH is 6. The smallest absolute Gasteiger partial charge is 0.338 e. The topological polar surface area (TPSA) is 411 Å². The summed E-state index contributed by atoms with van der Waals surface area (Å²) < 4.78 is 136. The van der Waals surface area contributed by atoms with Gasteiger partial charge in [-0.25, -0.2) is 4.79 Å². The zero-order valence-electron chi connectivity index (χ0n) is 61.3. The van der Waals surface area contributed by atoms with Crippen molar-refractivity contribution in [1.82, 2.24) is 0 Å². The Morgan fingerprint density at radius 1 is 0.490 bits per heavy atom. The van der Waals surface area contributed by atoms with Gasteiger partial charge in [0.2, 0.25) is 6.29 Å². The Morgan fingerprint density at radius 3 is 1.23 bits per heavy atom. The second kappa shape index (κ2) is 32.3. The van der Waals surface area contributed by atoms with Crippen LogP contribution >= 0.6 is 31.9 Å². The number of esters is 3. The summed E-state index contributed by atoms with van der Waals surface area (Å²) in [5, 5.41) is 54.7. The van der Waals surface area contributed by atoms with E-state index in [0.717, 1.165) is 9.68 Å². The van der Waals surface area contributed by atoms with E-state index in [2.05, 4.69) is 48.4 Å². The van der Waals surface area contributed by atoms with Crippen LogP contribution in [0.25, 0.3) is 0 Å². The van der Waals surface area contributed by atoms with Crippen LogP contribution in [0.4, 0.5) is 0 Å². The predicted octanol–water partition coefficient (Wildman–Crippen LogP) is 1.81. The van der Waals surface area contributed by atoms with Crippen molar-refractivity contribution in [2.24, 2.45) is 5.92 Å². The van der Waals surface area contributed by atoms with Crippen molar-refractivity contribution in [2.75, 3.05) is 13.2 Å². The fraction of sp³-hybridized carbons (Fsp3) is 0.853. The molecule has 104 heavy (non-hydrogen) atoms. The van der Waals surface area contributed by atoms with Crippen molar-refractivity contribution in [3.63, 3.8) is 0 Å². The first-order chi connectivity index (χ1) is 48.0. The first-order valence-electron chi connectivity index (χ1n) is 34.1. The van der Waals surface area contributed by atoms with E-state index in [1.165, 1.54) is 13.8 Å². The maximum atomic E-state index is 11.1. The molecule has 14 rings (SSSR count). The van der Waals surface area contributed by atoms with Gasteiger partial charge in [-0.3, -0.25) is 9.59 Å². The zero-order chi connectivity index (χ0) is 77.3. The maximum Gasteiger partial charge on any atom is 0.338 e. The van der Waals surface area contributed by atoms with Crippen LogP contribution in [-0.4, -0.2) is 286 Å². The SMILES string of the molecule is C#C[C@@H]1OC(OC(C)=O)[C@@H](O)[C@H](OC(C)=O)[C@@H]1C.C#C[C@@H]1OC2OC(C)(C)O[C@H]2C2OC(C)(C)O[C@@H]21.CC1(C)OC2O[C@@H](C=C(Br)Br)[C@H]3OC(C)(C)OC3[C@@H]2O1.CC1(C)OC2O[C@@H](C=O)[C@H]3OC(C)(C)OC3[C@@H]2O1.CC1(C)OC2O[C@@H](CO)[C@H]3OC(C)(C)OC3[C@@H]2O1.O=C1O[C@H](C(O)CO)[C@@H](O)[C@@H]1O. The fourth-order valence-corrected chi connectivity index (χ4v) is 14.6. The number of aldehydes is 1. The Hall–Kier alpha value is -3.18. The van der Waals surface area contributed by atoms with Gasteiger partial charge in [0, 0.05) is 19.8 Å². The average molecular weight is 1620 g/mol. The van der Waals surface area contributed by atoms with Crippen molar-refractivity contribution in [1.29, 1.82) is 0 Å². The molecule has 14 saturated heterocycles. The van der Waals surface area contributed by atoms with Crippen LogP contribution in [0.1, 0.15) is 132 Å². The lowest BCUT2D eigenvalue weighted by Crippen LogP contribution is -2.56. The second-order valence-electron chi connectivity index (χ2n) is 30.2. The zero-order valence-corrected chi connectivity index (χ0v) is 64.5. The number of terminal acetylenes is 2. The number of hydrogen-bond donors (Lipinski definition) is 6. The van der Waals surface area contributed by atoms with Gasteiger partial charge >= 0.3 is 17.9 Å². The van der Waals surface area contributed by atoms with Crippen molar-refractivity contribution in [2.45, 2.75) is 350 Å². The standard InChI is InChI=1S/C13H18Br2O5.C13H18O5.C12H20O6.C12H18O6.C12H16O6.C6H10O6/c1-12(2)17-8-6(5-7(14)15)16-11-10(9(8)18-12)19-13(3,4)20-11;1-6-7-8-9(16-12(2,3)15-8)10-11(14-7)18-13(4,5)17-10;2*1-11(2)15-7-6(5-13)14-10-9(8(7)16-11)17-12(3,4)18-10;1-5-9-6(2)11(16-7(3)13)10(15)12(18-9)17-8(4)14;7-1-2(8)5-3(9)4(10)6(11)12-5/h5-6,8-11H,1-4H3;1,7-11H,2-5H3;6-10,13H,5H2,1-4H3;5-10H,1-4H3;1,6,9-12,15H,2-4H3;2-5,7-10H,1H2/t6-,8+,9?,10-,11?;7-,8+,9?,10-,11?;2*6-,7+,8?,9-,10?;6-,9+,10+,11-,12?;2?,3-,4-,5+/m000010/s1. The summed E-state index contributed by atoms with van der Waals surface area (Å²) in [4.78, 5) is 43.6. The molecular formula is C68H100Br2O34. The molecule has 0 radical (unpaired) electrons. The van der Waals surface area contributed by atoms with Gasteiger partial charge in [0.25, 0.3) is 0 Å². The number of carbonyl (C=O) groups is 4. The second-order valence-corrected chi connectivity index (χ2v) is 33.0. The van der Waals surface area contributed by atoms with Gasteiger partial charge in [0.05, 0.1) is 16.6 Å². The lowest BCUT2D eigenvalue weighted by molar-refractivity contribution is -0.267. The van der Waals surface area contributed by atoms with Gasteiger partial charge < -0.3 is 149 Å². The number of carbonyl (C=O) groups excluding carboxylic acids is 4. The molecule has 0 spiro atoms. The maximum absolute atomic E-state index is 11.1. The monoisotopic (exact) mass is 1620 g/mol. The van der Waals surface area contributed by atoms with E-state index in [1.54, 1.807) is 20.8 Å². The van der Waals surface area contributed by atoms with Crippen LogP contribution in [0.2, 0.25) is 0 Å². The van der Waals surface area contributed by atoms with E-state index in [-0.39, 0.29) is 79.9 Å². The summed E-state index contributed by atoms with van der Waals surface area (Å²) in [5.74, 6) is -3.21. The summed E-state index contributed by atoms with van der Waals surface area (Å²) in [6.45, 7) is 32.8. The summed E-state index contributed by atoms with van der Waals surface area (Å²) in [6.07, 6.45) is -4.03. The molecule has 0 saturated carbocycles. The Bertz CT molecular complexity index is 3130. The predicted molar refractivity (Wildman–Crippen MR) is 353 cm³/mol. The minimum absolute atomic E-state index is 0.131. The van der Waals surface area contributed by atoms with Crippen molar-refractivity contribution in [3.8, 4) is 24.7 Å². The molecule has 0 bridgehead atoms. The molecule has 10 unspecified atom stereocenters.